The van der Waals surface area contributed by atoms with E-state index in [2.05, 4.69) is 4.98 Å². The lowest BCUT2D eigenvalue weighted by molar-refractivity contribution is 0.503. The molecule has 0 spiro atoms. The van der Waals surface area contributed by atoms with E-state index < -0.39 is 32.1 Å². The van der Waals surface area contributed by atoms with Crippen molar-refractivity contribution in [2.24, 2.45) is 0 Å². The van der Waals surface area contributed by atoms with Crippen LogP contribution in [0.15, 0.2) is 50.8 Å². The summed E-state index contributed by atoms with van der Waals surface area (Å²) in [7, 11) is -3.94. The Bertz CT molecular complexity index is 1130. The molecule has 0 fully saturated rings. The summed E-state index contributed by atoms with van der Waals surface area (Å²) in [5, 5.41) is 0. The van der Waals surface area contributed by atoms with Gasteiger partial charge in [0.2, 0.25) is 0 Å². The van der Waals surface area contributed by atoms with Crippen molar-refractivity contribution in [1.29, 1.82) is 0 Å². The fourth-order valence-electron chi connectivity index (χ4n) is 2.44. The van der Waals surface area contributed by atoms with Gasteiger partial charge in [-0.15, -0.1) is 0 Å². The minimum atomic E-state index is -3.94. The van der Waals surface area contributed by atoms with Gasteiger partial charge in [0.1, 0.15) is 22.8 Å². The van der Waals surface area contributed by atoms with Crippen LogP contribution in [-0.2, 0) is 9.84 Å². The topological polar surface area (TPSA) is 82.2 Å². The van der Waals surface area contributed by atoms with E-state index in [1.807, 2.05) is 0 Å². The Morgan fingerprint density at radius 1 is 1.20 bits per heavy atom. The Kier molecular flexibility index (Phi) is 4.03. The van der Waals surface area contributed by atoms with E-state index in [1.54, 1.807) is 19.1 Å². The zero-order chi connectivity index (χ0) is 18.4. The Balaban J connectivity index is 2.29. The molecule has 0 atom stereocenters. The number of oxazole rings is 1. The SMILES string of the molecule is Cc1ncccc1-n1c(-c2cc(F)c(S(C)(=O)=O)cc2F)coc1=O. The normalized spacial score (nSPS) is 11.7. The van der Waals surface area contributed by atoms with Crippen molar-refractivity contribution < 1.29 is 21.6 Å². The molecular weight excluding hydrogens is 354 g/mol. The third-order valence-corrected chi connectivity index (χ3v) is 4.72. The highest BCUT2D eigenvalue weighted by atomic mass is 32.2. The van der Waals surface area contributed by atoms with Crippen molar-refractivity contribution in [1.82, 2.24) is 9.55 Å². The quantitative estimate of drug-likeness (QED) is 0.711. The first-order valence-corrected chi connectivity index (χ1v) is 8.91. The minimum Gasteiger partial charge on any atom is -0.415 e. The molecule has 3 aromatic rings. The summed E-state index contributed by atoms with van der Waals surface area (Å²) in [6.07, 6.45) is 3.27. The maximum absolute atomic E-state index is 14.4. The second kappa shape index (κ2) is 5.92. The summed E-state index contributed by atoms with van der Waals surface area (Å²) < 4.78 is 57.5. The average Bonchev–Trinajstić information content (AvgIpc) is 2.90. The fraction of sp³-hybridized carbons (Fsp3) is 0.125. The maximum Gasteiger partial charge on any atom is 0.424 e. The first-order valence-electron chi connectivity index (χ1n) is 7.02. The monoisotopic (exact) mass is 366 g/mol. The molecule has 0 aliphatic rings. The van der Waals surface area contributed by atoms with Crippen LogP contribution in [0.4, 0.5) is 8.78 Å². The van der Waals surface area contributed by atoms with Gasteiger partial charge in [-0.05, 0) is 31.2 Å². The number of nitrogens with zero attached hydrogens (tertiary/aromatic N) is 2. The molecule has 9 heteroatoms. The number of sulfone groups is 1. The number of hydrogen-bond donors (Lipinski definition) is 0. The molecule has 2 heterocycles. The zero-order valence-electron chi connectivity index (χ0n) is 13.2. The maximum atomic E-state index is 14.4. The Morgan fingerprint density at radius 3 is 2.56 bits per heavy atom. The molecule has 25 heavy (non-hydrogen) atoms. The number of pyridine rings is 1. The van der Waals surface area contributed by atoms with E-state index in [0.29, 0.717) is 17.4 Å². The van der Waals surface area contributed by atoms with Gasteiger partial charge in [-0.2, -0.15) is 0 Å². The van der Waals surface area contributed by atoms with Gasteiger partial charge in [-0.3, -0.25) is 4.98 Å². The number of rotatable bonds is 3. The minimum absolute atomic E-state index is 0.0578. The summed E-state index contributed by atoms with van der Waals surface area (Å²) in [5.74, 6) is -2.93. The molecule has 6 nitrogen and oxygen atoms in total. The van der Waals surface area contributed by atoms with Crippen LogP contribution in [0.5, 0.6) is 0 Å². The Morgan fingerprint density at radius 2 is 1.92 bits per heavy atom. The predicted octanol–water partition coefficient (Wildman–Crippen LogP) is 2.48. The number of halogens is 2. The molecule has 0 unspecified atom stereocenters. The summed E-state index contributed by atoms with van der Waals surface area (Å²) in [6.45, 7) is 1.64. The van der Waals surface area contributed by atoms with Crippen LogP contribution in [0.2, 0.25) is 0 Å². The molecular formula is C16H12F2N2O4S. The van der Waals surface area contributed by atoms with Crippen LogP contribution < -0.4 is 5.76 Å². The first-order chi connectivity index (χ1) is 11.7. The molecule has 0 aliphatic carbocycles. The van der Waals surface area contributed by atoms with Gasteiger partial charge in [0, 0.05) is 18.0 Å². The van der Waals surface area contributed by atoms with Crippen molar-refractivity contribution in [3.8, 4) is 16.9 Å². The van der Waals surface area contributed by atoms with Crippen molar-refractivity contribution in [2.75, 3.05) is 6.26 Å². The first kappa shape index (κ1) is 17.0. The van der Waals surface area contributed by atoms with Crippen LogP contribution >= 0.6 is 0 Å². The molecule has 1 aromatic carbocycles. The molecule has 130 valence electrons. The van der Waals surface area contributed by atoms with Crippen molar-refractivity contribution in [2.45, 2.75) is 11.8 Å². The van der Waals surface area contributed by atoms with E-state index in [4.69, 9.17) is 4.42 Å². The molecule has 0 bridgehead atoms. The molecule has 3 rings (SSSR count). The molecule has 0 amide bonds. The van der Waals surface area contributed by atoms with Crippen LogP contribution in [0.25, 0.3) is 16.9 Å². The summed E-state index contributed by atoms with van der Waals surface area (Å²) in [5.41, 5.74) is 0.445. The van der Waals surface area contributed by atoms with Crippen molar-refractivity contribution in [3.05, 3.63) is 64.6 Å². The lowest BCUT2D eigenvalue weighted by Crippen LogP contribution is -2.15. The van der Waals surface area contributed by atoms with E-state index in [0.717, 1.165) is 23.2 Å². The molecule has 0 saturated heterocycles. The largest absolute Gasteiger partial charge is 0.424 e. The van der Waals surface area contributed by atoms with Crippen LogP contribution in [-0.4, -0.2) is 24.2 Å². The third kappa shape index (κ3) is 2.98. The molecule has 0 radical (unpaired) electrons. The zero-order valence-corrected chi connectivity index (χ0v) is 14.0. The standard InChI is InChI=1S/C16H12F2N2O4S/c1-9-13(4-3-5-19-9)20-14(8-24-16(20)21)10-6-12(18)15(7-11(10)17)25(2,22)23/h3-8H,1-2H3. The smallest absolute Gasteiger partial charge is 0.415 e. The van der Waals surface area contributed by atoms with E-state index in [9.17, 15) is 22.0 Å². The Labute approximate surface area is 141 Å². The number of benzene rings is 1. The predicted molar refractivity (Wildman–Crippen MR) is 85.3 cm³/mol. The van der Waals surface area contributed by atoms with Gasteiger partial charge >= 0.3 is 5.76 Å². The summed E-state index contributed by atoms with van der Waals surface area (Å²) >= 11 is 0. The fourth-order valence-corrected chi connectivity index (χ4v) is 3.17. The highest BCUT2D eigenvalue weighted by Gasteiger charge is 2.22. The number of hydrogen-bond acceptors (Lipinski definition) is 5. The van der Waals surface area contributed by atoms with Gasteiger partial charge < -0.3 is 4.42 Å². The van der Waals surface area contributed by atoms with Gasteiger partial charge in [0.25, 0.3) is 0 Å². The van der Waals surface area contributed by atoms with Gasteiger partial charge in [-0.25, -0.2) is 26.6 Å². The second-order valence-corrected chi connectivity index (χ2v) is 7.35. The third-order valence-electron chi connectivity index (χ3n) is 3.61. The highest BCUT2D eigenvalue weighted by molar-refractivity contribution is 7.90. The molecule has 0 saturated carbocycles. The van der Waals surface area contributed by atoms with E-state index in [-0.39, 0.29) is 11.3 Å². The van der Waals surface area contributed by atoms with Crippen LogP contribution in [0.3, 0.4) is 0 Å². The van der Waals surface area contributed by atoms with Gasteiger partial charge in [0.05, 0.1) is 17.1 Å². The van der Waals surface area contributed by atoms with Gasteiger partial charge in [0.15, 0.2) is 9.84 Å². The van der Waals surface area contributed by atoms with Gasteiger partial charge in [-0.1, -0.05) is 0 Å². The van der Waals surface area contributed by atoms with Crippen molar-refractivity contribution >= 4 is 9.84 Å². The average molecular weight is 366 g/mol. The van der Waals surface area contributed by atoms with E-state index >= 15 is 0 Å². The second-order valence-electron chi connectivity index (χ2n) is 5.36. The van der Waals surface area contributed by atoms with Crippen LogP contribution in [0, 0.1) is 18.6 Å². The summed E-state index contributed by atoms with van der Waals surface area (Å²) in [4.78, 5) is 15.3. The Hall–Kier alpha value is -2.81. The lowest BCUT2D eigenvalue weighted by atomic mass is 10.1. The van der Waals surface area contributed by atoms with Crippen LogP contribution in [0.1, 0.15) is 5.69 Å². The van der Waals surface area contributed by atoms with Crippen molar-refractivity contribution in [3.63, 3.8) is 0 Å². The van der Waals surface area contributed by atoms with E-state index in [1.165, 1.54) is 6.20 Å². The highest BCUT2D eigenvalue weighted by Crippen LogP contribution is 2.29. The lowest BCUT2D eigenvalue weighted by Gasteiger charge is -2.10. The summed E-state index contributed by atoms with van der Waals surface area (Å²) in [6, 6.07) is 4.45. The molecule has 0 aliphatic heterocycles. The molecule has 2 aromatic heterocycles. The number of aryl methyl sites for hydroxylation is 1. The molecule has 0 N–H and O–H groups in total. The number of aromatic nitrogens is 2.